The second kappa shape index (κ2) is 4.31. The van der Waals surface area contributed by atoms with Crippen LogP contribution < -0.4 is 0 Å². The lowest BCUT2D eigenvalue weighted by Gasteiger charge is -1.96. The maximum absolute atomic E-state index is 10.4. The molecule has 1 rings (SSSR count). The molecule has 4 heteroatoms. The lowest BCUT2D eigenvalue weighted by molar-refractivity contribution is 0.0689. The molecule has 0 aliphatic heterocycles. The molecule has 0 aliphatic carbocycles. The first-order chi connectivity index (χ1) is 6.24. The molecule has 1 aromatic rings. The summed E-state index contributed by atoms with van der Waals surface area (Å²) in [6.45, 7) is 0.664. The highest BCUT2D eigenvalue weighted by molar-refractivity contribution is 5.84. The molecule has 0 radical (unpaired) electrons. The van der Waals surface area contributed by atoms with Crippen LogP contribution in [0.15, 0.2) is 12.3 Å². The maximum atomic E-state index is 10.4. The van der Waals surface area contributed by atoms with Gasteiger partial charge in [0.25, 0.3) is 0 Å². The number of nitrogens with zero attached hydrogens (tertiary/aromatic N) is 2. The van der Waals surface area contributed by atoms with Crippen molar-refractivity contribution in [3.05, 3.63) is 18.0 Å². The van der Waals surface area contributed by atoms with Crippen molar-refractivity contribution in [3.8, 4) is 12.3 Å². The lowest BCUT2D eigenvalue weighted by Crippen LogP contribution is -2.02. The summed E-state index contributed by atoms with van der Waals surface area (Å²) >= 11 is 0. The van der Waals surface area contributed by atoms with Gasteiger partial charge in [0.15, 0.2) is 5.69 Å². The van der Waals surface area contributed by atoms with E-state index in [0.717, 1.165) is 6.42 Å². The fourth-order valence-corrected chi connectivity index (χ4v) is 0.943. The van der Waals surface area contributed by atoms with Gasteiger partial charge in [0, 0.05) is 19.2 Å². The molecule has 0 bridgehead atoms. The third-order valence-electron chi connectivity index (χ3n) is 1.57. The average molecular weight is 178 g/mol. The number of unbranched alkanes of at least 4 members (excludes halogenated alkanes) is 1. The Bertz CT molecular complexity index is 336. The van der Waals surface area contributed by atoms with Crippen LogP contribution in [0.5, 0.6) is 0 Å². The maximum Gasteiger partial charge on any atom is 0.356 e. The van der Waals surface area contributed by atoms with E-state index in [-0.39, 0.29) is 5.69 Å². The first-order valence-corrected chi connectivity index (χ1v) is 3.94. The van der Waals surface area contributed by atoms with Gasteiger partial charge >= 0.3 is 5.97 Å². The van der Waals surface area contributed by atoms with Crippen molar-refractivity contribution in [2.24, 2.45) is 0 Å². The molecule has 0 spiro atoms. The molecule has 13 heavy (non-hydrogen) atoms. The van der Waals surface area contributed by atoms with E-state index in [1.807, 2.05) is 0 Å². The number of terminal acetylenes is 1. The minimum Gasteiger partial charge on any atom is -0.476 e. The van der Waals surface area contributed by atoms with Gasteiger partial charge < -0.3 is 5.11 Å². The zero-order chi connectivity index (χ0) is 9.68. The van der Waals surface area contributed by atoms with E-state index >= 15 is 0 Å². The van der Waals surface area contributed by atoms with Gasteiger partial charge in [0.1, 0.15) is 0 Å². The smallest absolute Gasteiger partial charge is 0.356 e. The number of hydrogen-bond donors (Lipinski definition) is 1. The van der Waals surface area contributed by atoms with Crippen LogP contribution in [0.2, 0.25) is 0 Å². The zero-order valence-electron chi connectivity index (χ0n) is 7.10. The first kappa shape index (κ1) is 9.33. The van der Waals surface area contributed by atoms with Crippen molar-refractivity contribution in [2.75, 3.05) is 0 Å². The van der Waals surface area contributed by atoms with Crippen LogP contribution in [0.1, 0.15) is 23.3 Å². The number of carboxylic acids is 1. The molecule has 0 amide bonds. The summed E-state index contributed by atoms with van der Waals surface area (Å²) in [7, 11) is 0. The van der Waals surface area contributed by atoms with Gasteiger partial charge in [-0.1, -0.05) is 0 Å². The molecule has 1 N–H and O–H groups in total. The Hall–Kier alpha value is -1.76. The highest BCUT2D eigenvalue weighted by Crippen LogP contribution is 1.98. The molecule has 1 aromatic heterocycles. The summed E-state index contributed by atoms with van der Waals surface area (Å²) in [5, 5.41) is 12.4. The molecule has 0 saturated heterocycles. The van der Waals surface area contributed by atoms with Crippen molar-refractivity contribution in [3.63, 3.8) is 0 Å². The minimum absolute atomic E-state index is 0.0701. The number of aryl methyl sites for hydroxylation is 1. The van der Waals surface area contributed by atoms with Crippen LogP contribution in [0.4, 0.5) is 0 Å². The van der Waals surface area contributed by atoms with E-state index < -0.39 is 5.97 Å². The standard InChI is InChI=1S/C9H10N2O2/c1-2-3-4-6-11-7-5-8(10-11)9(12)13/h1,5,7H,3-4,6H2,(H,12,13). The van der Waals surface area contributed by atoms with Crippen molar-refractivity contribution >= 4 is 5.97 Å². The van der Waals surface area contributed by atoms with E-state index in [0.29, 0.717) is 13.0 Å². The van der Waals surface area contributed by atoms with Crippen LogP contribution >= 0.6 is 0 Å². The predicted octanol–water partition coefficient (Wildman–Crippen LogP) is 0.995. The van der Waals surface area contributed by atoms with Gasteiger partial charge in [-0.15, -0.1) is 12.3 Å². The molecule has 4 nitrogen and oxygen atoms in total. The average Bonchev–Trinajstić information content (AvgIpc) is 2.53. The van der Waals surface area contributed by atoms with Gasteiger partial charge in [-0.05, 0) is 12.5 Å². The number of hydrogen-bond acceptors (Lipinski definition) is 2. The van der Waals surface area contributed by atoms with E-state index in [1.165, 1.54) is 6.07 Å². The molecule has 68 valence electrons. The number of rotatable bonds is 4. The van der Waals surface area contributed by atoms with Gasteiger partial charge in [-0.2, -0.15) is 5.10 Å². The van der Waals surface area contributed by atoms with Crippen LogP contribution in [0, 0.1) is 12.3 Å². The fraction of sp³-hybridized carbons (Fsp3) is 0.333. The van der Waals surface area contributed by atoms with Gasteiger partial charge in [0.2, 0.25) is 0 Å². The highest BCUT2D eigenvalue weighted by atomic mass is 16.4. The summed E-state index contributed by atoms with van der Waals surface area (Å²) in [5.74, 6) is 1.51. The van der Waals surface area contributed by atoms with E-state index in [1.54, 1.807) is 10.9 Å². The first-order valence-electron chi connectivity index (χ1n) is 3.94. The second-order valence-corrected chi connectivity index (χ2v) is 2.58. The third kappa shape index (κ3) is 2.64. The van der Waals surface area contributed by atoms with Crippen LogP contribution in [-0.2, 0) is 6.54 Å². The summed E-state index contributed by atoms with van der Waals surface area (Å²) in [4.78, 5) is 10.4. The monoisotopic (exact) mass is 178 g/mol. The Labute approximate surface area is 76.2 Å². The Kier molecular flexibility index (Phi) is 3.09. The highest BCUT2D eigenvalue weighted by Gasteiger charge is 2.05. The molecule has 1 heterocycles. The van der Waals surface area contributed by atoms with Crippen LogP contribution in [0.3, 0.4) is 0 Å². The molecular formula is C9H10N2O2. The normalized spacial score (nSPS) is 9.46. The summed E-state index contributed by atoms with van der Waals surface area (Å²) < 4.78 is 1.58. The van der Waals surface area contributed by atoms with E-state index in [9.17, 15) is 4.79 Å². The van der Waals surface area contributed by atoms with Crippen LogP contribution in [0.25, 0.3) is 0 Å². The number of aromatic nitrogens is 2. The molecule has 0 aliphatic rings. The number of aromatic carboxylic acids is 1. The second-order valence-electron chi connectivity index (χ2n) is 2.58. The topological polar surface area (TPSA) is 55.1 Å². The summed E-state index contributed by atoms with van der Waals surface area (Å²) in [6, 6.07) is 1.47. The number of carboxylic acid groups (broad SMARTS) is 1. The number of carbonyl (C=O) groups is 1. The van der Waals surface area contributed by atoms with Gasteiger partial charge in [0.05, 0.1) is 0 Å². The van der Waals surface area contributed by atoms with Crippen LogP contribution in [-0.4, -0.2) is 20.9 Å². The zero-order valence-corrected chi connectivity index (χ0v) is 7.10. The van der Waals surface area contributed by atoms with Gasteiger partial charge in [-0.25, -0.2) is 4.79 Å². The predicted molar refractivity (Wildman–Crippen MR) is 47.3 cm³/mol. The Morgan fingerprint density at radius 3 is 3.08 bits per heavy atom. The summed E-state index contributed by atoms with van der Waals surface area (Å²) in [5.41, 5.74) is 0.0701. The third-order valence-corrected chi connectivity index (χ3v) is 1.57. The van der Waals surface area contributed by atoms with Crippen molar-refractivity contribution in [1.82, 2.24) is 9.78 Å². The molecule has 0 aromatic carbocycles. The van der Waals surface area contributed by atoms with E-state index in [2.05, 4.69) is 11.0 Å². The lowest BCUT2D eigenvalue weighted by atomic mass is 10.3. The van der Waals surface area contributed by atoms with Crippen molar-refractivity contribution in [2.45, 2.75) is 19.4 Å². The summed E-state index contributed by atoms with van der Waals surface area (Å²) in [6.07, 6.45) is 8.21. The Balaban J connectivity index is 2.50. The Morgan fingerprint density at radius 2 is 2.54 bits per heavy atom. The molecule has 0 unspecified atom stereocenters. The quantitative estimate of drug-likeness (QED) is 0.552. The van der Waals surface area contributed by atoms with Crippen molar-refractivity contribution < 1.29 is 9.90 Å². The minimum atomic E-state index is -1.00. The largest absolute Gasteiger partial charge is 0.476 e. The van der Waals surface area contributed by atoms with Crippen molar-refractivity contribution in [1.29, 1.82) is 0 Å². The molecule has 0 fully saturated rings. The van der Waals surface area contributed by atoms with E-state index in [4.69, 9.17) is 11.5 Å². The molecular weight excluding hydrogens is 168 g/mol. The van der Waals surface area contributed by atoms with Gasteiger partial charge in [-0.3, -0.25) is 4.68 Å². The molecule has 0 saturated carbocycles. The fourth-order valence-electron chi connectivity index (χ4n) is 0.943. The molecule has 0 atom stereocenters. The Morgan fingerprint density at radius 1 is 1.77 bits per heavy atom. The SMILES string of the molecule is C#CCCCn1ccc(C(=O)O)n1.